The molecule has 2 amide bonds. The summed E-state index contributed by atoms with van der Waals surface area (Å²) in [6, 6.07) is 0.0613. The van der Waals surface area contributed by atoms with E-state index in [4.69, 9.17) is 4.74 Å². The zero-order valence-electron chi connectivity index (χ0n) is 12.1. The first kappa shape index (κ1) is 15.9. The Labute approximate surface area is 114 Å². The lowest BCUT2D eigenvalue weighted by Gasteiger charge is -2.26. The molecule has 2 N–H and O–H groups in total. The number of amides is 2. The Morgan fingerprint density at radius 2 is 2.05 bits per heavy atom. The molecule has 0 bridgehead atoms. The SMILES string of the molecule is CCCNC1COCC1C(=O)N(CC)CC(=O)NC. The maximum Gasteiger partial charge on any atom is 0.239 e. The lowest BCUT2D eigenvalue weighted by molar-refractivity contribution is -0.139. The van der Waals surface area contributed by atoms with Gasteiger partial charge in [0.25, 0.3) is 0 Å². The molecule has 0 saturated carbocycles. The number of nitrogens with one attached hydrogen (secondary N) is 2. The van der Waals surface area contributed by atoms with Crippen molar-refractivity contribution in [2.24, 2.45) is 5.92 Å². The van der Waals surface area contributed by atoms with Gasteiger partial charge in [0.2, 0.25) is 11.8 Å². The maximum absolute atomic E-state index is 12.4. The quantitative estimate of drug-likeness (QED) is 0.661. The van der Waals surface area contributed by atoms with E-state index < -0.39 is 0 Å². The lowest BCUT2D eigenvalue weighted by atomic mass is 10.0. The van der Waals surface area contributed by atoms with Crippen molar-refractivity contribution in [2.45, 2.75) is 26.3 Å². The van der Waals surface area contributed by atoms with Crippen molar-refractivity contribution in [1.29, 1.82) is 0 Å². The van der Waals surface area contributed by atoms with Gasteiger partial charge >= 0.3 is 0 Å². The van der Waals surface area contributed by atoms with Crippen LogP contribution in [0.2, 0.25) is 0 Å². The van der Waals surface area contributed by atoms with Gasteiger partial charge in [0.15, 0.2) is 0 Å². The Hall–Kier alpha value is -1.14. The fourth-order valence-electron chi connectivity index (χ4n) is 2.16. The maximum atomic E-state index is 12.4. The minimum Gasteiger partial charge on any atom is -0.379 e. The molecular weight excluding hydrogens is 246 g/mol. The third kappa shape index (κ3) is 4.47. The van der Waals surface area contributed by atoms with Crippen molar-refractivity contribution in [2.75, 3.05) is 39.9 Å². The van der Waals surface area contributed by atoms with Gasteiger partial charge in [0.05, 0.1) is 25.7 Å². The van der Waals surface area contributed by atoms with Gasteiger partial charge in [-0.2, -0.15) is 0 Å². The van der Waals surface area contributed by atoms with Crippen LogP contribution in [0.15, 0.2) is 0 Å². The van der Waals surface area contributed by atoms with Gasteiger partial charge in [-0.1, -0.05) is 6.92 Å². The van der Waals surface area contributed by atoms with Crippen molar-refractivity contribution in [3.8, 4) is 0 Å². The van der Waals surface area contributed by atoms with Crippen molar-refractivity contribution in [3.05, 3.63) is 0 Å². The number of likely N-dealkylation sites (N-methyl/N-ethyl adjacent to an activating group) is 2. The minimum atomic E-state index is -0.184. The number of nitrogens with zero attached hydrogens (tertiary/aromatic N) is 1. The van der Waals surface area contributed by atoms with Crippen LogP contribution in [-0.2, 0) is 14.3 Å². The fourth-order valence-corrected chi connectivity index (χ4v) is 2.16. The second-order valence-electron chi connectivity index (χ2n) is 4.73. The summed E-state index contributed by atoms with van der Waals surface area (Å²) in [5.41, 5.74) is 0. The number of ether oxygens (including phenoxy) is 1. The van der Waals surface area contributed by atoms with E-state index in [1.807, 2.05) is 6.92 Å². The molecule has 2 unspecified atom stereocenters. The average Bonchev–Trinajstić information content (AvgIpc) is 2.89. The highest BCUT2D eigenvalue weighted by Crippen LogP contribution is 2.16. The Bertz CT molecular complexity index is 310. The van der Waals surface area contributed by atoms with Gasteiger partial charge in [-0.15, -0.1) is 0 Å². The zero-order valence-corrected chi connectivity index (χ0v) is 12.1. The van der Waals surface area contributed by atoms with Gasteiger partial charge in [-0.3, -0.25) is 9.59 Å². The zero-order chi connectivity index (χ0) is 14.3. The summed E-state index contributed by atoms with van der Waals surface area (Å²) >= 11 is 0. The normalized spacial score (nSPS) is 22.3. The highest BCUT2D eigenvalue weighted by Gasteiger charge is 2.36. The van der Waals surface area contributed by atoms with Crippen LogP contribution in [0.5, 0.6) is 0 Å². The Morgan fingerprint density at radius 1 is 1.32 bits per heavy atom. The van der Waals surface area contributed by atoms with Gasteiger partial charge < -0.3 is 20.3 Å². The van der Waals surface area contributed by atoms with E-state index in [1.54, 1.807) is 11.9 Å². The van der Waals surface area contributed by atoms with Gasteiger partial charge in [-0.25, -0.2) is 0 Å². The first-order valence-corrected chi connectivity index (χ1v) is 6.94. The Balaban J connectivity index is 2.59. The van der Waals surface area contributed by atoms with E-state index in [0.29, 0.717) is 19.8 Å². The number of carbonyl (C=O) groups is 2. The fraction of sp³-hybridized carbons (Fsp3) is 0.846. The number of hydrogen-bond donors (Lipinski definition) is 2. The topological polar surface area (TPSA) is 70.7 Å². The summed E-state index contributed by atoms with van der Waals surface area (Å²) in [5, 5.41) is 5.88. The smallest absolute Gasteiger partial charge is 0.239 e. The second-order valence-corrected chi connectivity index (χ2v) is 4.73. The number of hydrogen-bond acceptors (Lipinski definition) is 4. The molecule has 0 spiro atoms. The molecule has 19 heavy (non-hydrogen) atoms. The van der Waals surface area contributed by atoms with Crippen molar-refractivity contribution < 1.29 is 14.3 Å². The molecule has 2 atom stereocenters. The molecule has 1 aliphatic rings. The predicted octanol–water partition coefficient (Wildman–Crippen LogP) is -0.404. The molecule has 0 aromatic rings. The van der Waals surface area contributed by atoms with E-state index in [1.165, 1.54) is 0 Å². The summed E-state index contributed by atoms with van der Waals surface area (Å²) in [6.07, 6.45) is 1.02. The van der Waals surface area contributed by atoms with E-state index in [9.17, 15) is 9.59 Å². The second kappa shape index (κ2) is 8.12. The van der Waals surface area contributed by atoms with Crippen LogP contribution in [0.1, 0.15) is 20.3 Å². The summed E-state index contributed by atoms with van der Waals surface area (Å²) in [5.74, 6) is -0.333. The van der Waals surface area contributed by atoms with E-state index >= 15 is 0 Å². The molecule has 1 saturated heterocycles. The van der Waals surface area contributed by atoms with E-state index in [2.05, 4.69) is 17.6 Å². The lowest BCUT2D eigenvalue weighted by Crippen LogP contribution is -2.48. The van der Waals surface area contributed by atoms with Crippen LogP contribution in [-0.4, -0.2) is 62.7 Å². The summed E-state index contributed by atoms with van der Waals surface area (Å²) in [6.45, 7) is 6.48. The molecule has 1 rings (SSSR count). The highest BCUT2D eigenvalue weighted by atomic mass is 16.5. The van der Waals surface area contributed by atoms with Crippen LogP contribution >= 0.6 is 0 Å². The Kier molecular flexibility index (Phi) is 6.80. The molecule has 0 aromatic carbocycles. The van der Waals surface area contributed by atoms with Crippen molar-refractivity contribution in [3.63, 3.8) is 0 Å². The van der Waals surface area contributed by atoms with Crippen molar-refractivity contribution in [1.82, 2.24) is 15.5 Å². The van der Waals surface area contributed by atoms with Crippen LogP contribution in [0.4, 0.5) is 0 Å². The van der Waals surface area contributed by atoms with Gasteiger partial charge in [0.1, 0.15) is 0 Å². The first-order valence-electron chi connectivity index (χ1n) is 6.94. The molecule has 6 nitrogen and oxygen atoms in total. The molecular formula is C13H25N3O3. The average molecular weight is 271 g/mol. The summed E-state index contributed by atoms with van der Waals surface area (Å²) in [7, 11) is 1.57. The third-order valence-corrected chi connectivity index (χ3v) is 3.36. The third-order valence-electron chi connectivity index (χ3n) is 3.36. The summed E-state index contributed by atoms with van der Waals surface area (Å²) < 4.78 is 5.40. The monoisotopic (exact) mass is 271 g/mol. The number of carbonyl (C=O) groups excluding carboxylic acids is 2. The largest absolute Gasteiger partial charge is 0.379 e. The molecule has 110 valence electrons. The van der Waals surface area contributed by atoms with Crippen molar-refractivity contribution >= 4 is 11.8 Å². The molecule has 1 heterocycles. The molecule has 1 aliphatic heterocycles. The van der Waals surface area contributed by atoms with Gasteiger partial charge in [0, 0.05) is 19.6 Å². The van der Waals surface area contributed by atoms with Crippen LogP contribution < -0.4 is 10.6 Å². The van der Waals surface area contributed by atoms with Gasteiger partial charge in [-0.05, 0) is 19.9 Å². The predicted molar refractivity (Wildman–Crippen MR) is 72.7 cm³/mol. The summed E-state index contributed by atoms with van der Waals surface area (Å²) in [4.78, 5) is 25.4. The van der Waals surface area contributed by atoms with E-state index in [0.717, 1.165) is 13.0 Å². The minimum absolute atomic E-state index is 0.00259. The van der Waals surface area contributed by atoms with E-state index in [-0.39, 0.29) is 30.3 Å². The van der Waals surface area contributed by atoms with Crippen LogP contribution in [0, 0.1) is 5.92 Å². The number of rotatable bonds is 7. The molecule has 0 aliphatic carbocycles. The molecule has 0 aromatic heterocycles. The molecule has 1 fully saturated rings. The first-order chi connectivity index (χ1) is 9.13. The van der Waals surface area contributed by atoms with Crippen LogP contribution in [0.25, 0.3) is 0 Å². The van der Waals surface area contributed by atoms with Crippen LogP contribution in [0.3, 0.4) is 0 Å². The molecule has 6 heteroatoms. The molecule has 0 radical (unpaired) electrons. The Morgan fingerprint density at radius 3 is 2.63 bits per heavy atom. The standard InChI is InChI=1S/C13H25N3O3/c1-4-6-15-11-9-19-8-10(11)13(18)16(5-2)7-12(17)14-3/h10-11,15H,4-9H2,1-3H3,(H,14,17). The highest BCUT2D eigenvalue weighted by molar-refractivity contribution is 5.86.